The monoisotopic (exact) mass is 348 g/mol. The van der Waals surface area contributed by atoms with Gasteiger partial charge in [0.05, 0.1) is 18.2 Å². The average Bonchev–Trinajstić information content (AvgIpc) is 2.53. The second-order valence-electron chi connectivity index (χ2n) is 5.88. The van der Waals surface area contributed by atoms with E-state index < -0.39 is 24.0 Å². The van der Waals surface area contributed by atoms with Gasteiger partial charge in [-0.2, -0.15) is 0 Å². The fourth-order valence-corrected chi connectivity index (χ4v) is 2.47. The molecule has 1 aromatic carbocycles. The molecule has 8 nitrogen and oxygen atoms in total. The number of nitrogens with one attached hydrogen (secondary N) is 1. The van der Waals surface area contributed by atoms with Gasteiger partial charge in [-0.1, -0.05) is 0 Å². The van der Waals surface area contributed by atoms with Crippen molar-refractivity contribution in [3.63, 3.8) is 0 Å². The summed E-state index contributed by atoms with van der Waals surface area (Å²) in [7, 11) is 0. The van der Waals surface area contributed by atoms with Gasteiger partial charge in [0.2, 0.25) is 5.91 Å². The number of carbonyl (C=O) groups is 4. The summed E-state index contributed by atoms with van der Waals surface area (Å²) < 4.78 is 5.58. The van der Waals surface area contributed by atoms with Crippen LogP contribution in [0.4, 0.5) is 11.4 Å². The molecule has 2 amide bonds. The van der Waals surface area contributed by atoms with E-state index in [1.54, 1.807) is 32.0 Å². The van der Waals surface area contributed by atoms with Crippen LogP contribution in [-0.2, 0) is 19.2 Å². The van der Waals surface area contributed by atoms with Gasteiger partial charge in [-0.05, 0) is 32.9 Å². The molecule has 0 aromatic heterocycles. The first-order valence-corrected chi connectivity index (χ1v) is 7.86. The number of carboxylic acid groups (broad SMARTS) is 1. The molecule has 2 N–H and O–H groups in total. The highest BCUT2D eigenvalue weighted by molar-refractivity contribution is 6.05. The molecular weight excluding hydrogens is 328 g/mol. The standard InChI is InChI=1S/C17H20N2O6/c1-9(10(2)20)19-13-5-4-12(18-15(21)6-7-16(22)23)8-14(13)25-11(3)17(19)24/h4-5,8-9,11H,6-7H2,1-3H3,(H,18,21)(H,22,23). The number of hydrogen-bond donors (Lipinski definition) is 2. The molecule has 1 heterocycles. The lowest BCUT2D eigenvalue weighted by Crippen LogP contribution is -2.51. The quantitative estimate of drug-likeness (QED) is 0.807. The number of ether oxygens (including phenoxy) is 1. The highest BCUT2D eigenvalue weighted by Crippen LogP contribution is 2.37. The number of fused-ring (bicyclic) bond motifs is 1. The number of carboxylic acids is 1. The van der Waals surface area contributed by atoms with Crippen LogP contribution in [0.3, 0.4) is 0 Å². The fourth-order valence-electron chi connectivity index (χ4n) is 2.47. The van der Waals surface area contributed by atoms with Crippen LogP contribution < -0.4 is 15.0 Å². The number of benzene rings is 1. The van der Waals surface area contributed by atoms with Gasteiger partial charge in [-0.3, -0.25) is 24.1 Å². The van der Waals surface area contributed by atoms with Gasteiger partial charge >= 0.3 is 5.97 Å². The zero-order valence-corrected chi connectivity index (χ0v) is 14.2. The van der Waals surface area contributed by atoms with Crippen molar-refractivity contribution < 1.29 is 29.0 Å². The molecule has 134 valence electrons. The maximum Gasteiger partial charge on any atom is 0.303 e. The van der Waals surface area contributed by atoms with E-state index in [2.05, 4.69) is 5.32 Å². The predicted octanol–water partition coefficient (Wildman–Crippen LogP) is 1.58. The largest absolute Gasteiger partial charge is 0.481 e. The number of anilines is 2. The van der Waals surface area contributed by atoms with Crippen LogP contribution in [0.2, 0.25) is 0 Å². The third-order valence-corrected chi connectivity index (χ3v) is 3.93. The number of carbonyl (C=O) groups excluding carboxylic acids is 3. The summed E-state index contributed by atoms with van der Waals surface area (Å²) in [5, 5.41) is 11.2. The van der Waals surface area contributed by atoms with Crippen molar-refractivity contribution >= 4 is 34.9 Å². The topological polar surface area (TPSA) is 113 Å². The number of Topliss-reactive ketones (excluding diaryl/α,β-unsaturated/α-hetero) is 1. The van der Waals surface area contributed by atoms with Crippen LogP contribution in [0, 0.1) is 0 Å². The van der Waals surface area contributed by atoms with Gasteiger partial charge in [0.1, 0.15) is 5.75 Å². The van der Waals surface area contributed by atoms with Crippen molar-refractivity contribution in [3.05, 3.63) is 18.2 Å². The smallest absolute Gasteiger partial charge is 0.303 e. The highest BCUT2D eigenvalue weighted by atomic mass is 16.5. The predicted molar refractivity (Wildman–Crippen MR) is 89.7 cm³/mol. The minimum atomic E-state index is -1.05. The van der Waals surface area contributed by atoms with E-state index in [9.17, 15) is 19.2 Å². The summed E-state index contributed by atoms with van der Waals surface area (Å²) in [6, 6.07) is 4.08. The Kier molecular flexibility index (Phi) is 5.41. The normalized spacial score (nSPS) is 17.3. The number of hydrogen-bond acceptors (Lipinski definition) is 5. The minimum Gasteiger partial charge on any atom is -0.481 e. The zero-order valence-electron chi connectivity index (χ0n) is 14.2. The van der Waals surface area contributed by atoms with Gasteiger partial charge in [0, 0.05) is 18.2 Å². The molecule has 0 spiro atoms. The number of amides is 2. The van der Waals surface area contributed by atoms with Crippen LogP contribution in [0.15, 0.2) is 18.2 Å². The molecule has 0 aliphatic carbocycles. The maximum absolute atomic E-state index is 12.4. The summed E-state index contributed by atoms with van der Waals surface area (Å²) in [6.45, 7) is 4.64. The number of nitrogens with zero attached hydrogens (tertiary/aromatic N) is 1. The van der Waals surface area contributed by atoms with Gasteiger partial charge < -0.3 is 15.2 Å². The van der Waals surface area contributed by atoms with Crippen molar-refractivity contribution in [2.45, 2.75) is 45.8 Å². The van der Waals surface area contributed by atoms with Gasteiger partial charge in [0.15, 0.2) is 11.9 Å². The SMILES string of the molecule is CC(=O)C(C)N1C(=O)C(C)Oc2cc(NC(=O)CCC(=O)O)ccc21. The Morgan fingerprint density at radius 3 is 2.60 bits per heavy atom. The van der Waals surface area contributed by atoms with E-state index in [1.165, 1.54) is 11.8 Å². The van der Waals surface area contributed by atoms with Crippen molar-refractivity contribution in [1.29, 1.82) is 0 Å². The summed E-state index contributed by atoms with van der Waals surface area (Å²) >= 11 is 0. The molecule has 1 aliphatic rings. The molecule has 0 bridgehead atoms. The first-order valence-electron chi connectivity index (χ1n) is 7.86. The molecule has 2 unspecified atom stereocenters. The Morgan fingerprint density at radius 1 is 1.32 bits per heavy atom. The van der Waals surface area contributed by atoms with Crippen LogP contribution in [-0.4, -0.2) is 40.8 Å². The molecule has 0 radical (unpaired) electrons. The lowest BCUT2D eigenvalue weighted by Gasteiger charge is -2.36. The minimum absolute atomic E-state index is 0.143. The second kappa shape index (κ2) is 7.33. The second-order valence-corrected chi connectivity index (χ2v) is 5.88. The van der Waals surface area contributed by atoms with Gasteiger partial charge in [0.25, 0.3) is 5.91 Å². The van der Waals surface area contributed by atoms with Gasteiger partial charge in [-0.15, -0.1) is 0 Å². The van der Waals surface area contributed by atoms with E-state index >= 15 is 0 Å². The lowest BCUT2D eigenvalue weighted by atomic mass is 10.1. The van der Waals surface area contributed by atoms with Crippen molar-refractivity contribution in [1.82, 2.24) is 0 Å². The van der Waals surface area contributed by atoms with Crippen molar-refractivity contribution in [2.24, 2.45) is 0 Å². The Labute approximate surface area is 144 Å². The Morgan fingerprint density at radius 2 is 2.00 bits per heavy atom. The number of ketones is 1. The summed E-state index contributed by atoms with van der Waals surface area (Å²) in [5.74, 6) is -1.58. The Hall–Kier alpha value is -2.90. The maximum atomic E-state index is 12.4. The Balaban J connectivity index is 2.25. The molecule has 2 rings (SSSR count). The molecule has 1 aliphatic heterocycles. The summed E-state index contributed by atoms with van der Waals surface area (Å²) in [4.78, 5) is 47.7. The fraction of sp³-hybridized carbons (Fsp3) is 0.412. The van der Waals surface area contributed by atoms with Crippen LogP contribution in [0.5, 0.6) is 5.75 Å². The molecule has 0 saturated carbocycles. The third-order valence-electron chi connectivity index (χ3n) is 3.93. The molecule has 0 saturated heterocycles. The van der Waals surface area contributed by atoms with Crippen molar-refractivity contribution in [2.75, 3.05) is 10.2 Å². The van der Waals surface area contributed by atoms with Crippen LogP contribution in [0.25, 0.3) is 0 Å². The number of rotatable bonds is 6. The molecular formula is C17H20N2O6. The molecule has 2 atom stereocenters. The zero-order chi connectivity index (χ0) is 18.7. The summed E-state index contributed by atoms with van der Waals surface area (Å²) in [5.41, 5.74) is 0.875. The van der Waals surface area contributed by atoms with Crippen LogP contribution in [0.1, 0.15) is 33.6 Å². The molecule has 25 heavy (non-hydrogen) atoms. The highest BCUT2D eigenvalue weighted by Gasteiger charge is 2.36. The third kappa shape index (κ3) is 4.14. The lowest BCUT2D eigenvalue weighted by molar-refractivity contribution is -0.138. The van der Waals surface area contributed by atoms with E-state index in [-0.39, 0.29) is 24.5 Å². The van der Waals surface area contributed by atoms with E-state index in [0.29, 0.717) is 17.1 Å². The van der Waals surface area contributed by atoms with E-state index in [1.807, 2.05) is 0 Å². The Bertz CT molecular complexity index is 730. The van der Waals surface area contributed by atoms with E-state index in [4.69, 9.17) is 9.84 Å². The number of aliphatic carboxylic acids is 1. The molecule has 0 fully saturated rings. The average molecular weight is 348 g/mol. The van der Waals surface area contributed by atoms with Crippen LogP contribution >= 0.6 is 0 Å². The first kappa shape index (κ1) is 18.4. The van der Waals surface area contributed by atoms with E-state index in [0.717, 1.165) is 0 Å². The van der Waals surface area contributed by atoms with Crippen molar-refractivity contribution in [3.8, 4) is 5.75 Å². The molecule has 8 heteroatoms. The molecule has 1 aromatic rings. The van der Waals surface area contributed by atoms with Gasteiger partial charge in [-0.25, -0.2) is 0 Å². The first-order chi connectivity index (χ1) is 11.7. The summed E-state index contributed by atoms with van der Waals surface area (Å²) in [6.07, 6.45) is -1.16.